The lowest BCUT2D eigenvalue weighted by molar-refractivity contribution is -0.119. The Morgan fingerprint density at radius 2 is 1.63 bits per heavy atom. The van der Waals surface area contributed by atoms with Gasteiger partial charge in [-0.3, -0.25) is 9.10 Å². The summed E-state index contributed by atoms with van der Waals surface area (Å²) in [5.41, 5.74) is 4.06. The number of esters is 1. The van der Waals surface area contributed by atoms with Gasteiger partial charge in [-0.2, -0.15) is 0 Å². The first kappa shape index (κ1) is 25.7. The highest BCUT2D eigenvalue weighted by Gasteiger charge is 2.25. The summed E-state index contributed by atoms with van der Waals surface area (Å²) in [5.74, 6) is -1.29. The van der Waals surface area contributed by atoms with Gasteiger partial charge in [-0.1, -0.05) is 48.0 Å². The van der Waals surface area contributed by atoms with Gasteiger partial charge in [-0.15, -0.1) is 6.58 Å². The van der Waals surface area contributed by atoms with Crippen molar-refractivity contribution in [2.45, 2.75) is 25.7 Å². The summed E-state index contributed by atoms with van der Waals surface area (Å²) in [7, 11) is -3.98. The van der Waals surface area contributed by atoms with E-state index in [-0.39, 0.29) is 17.0 Å². The van der Waals surface area contributed by atoms with Crippen LogP contribution >= 0.6 is 0 Å². The van der Waals surface area contributed by atoms with E-state index in [0.29, 0.717) is 11.4 Å². The van der Waals surface area contributed by atoms with Crippen molar-refractivity contribution in [1.82, 2.24) is 0 Å². The Bertz CT molecular complexity index is 1330. The Hall–Kier alpha value is -3.91. The van der Waals surface area contributed by atoms with Crippen molar-refractivity contribution in [3.05, 3.63) is 102 Å². The van der Waals surface area contributed by atoms with Crippen LogP contribution in [0.3, 0.4) is 0 Å². The molecule has 0 aromatic heterocycles. The molecule has 0 saturated carbocycles. The van der Waals surface area contributed by atoms with Crippen molar-refractivity contribution >= 4 is 33.3 Å². The Morgan fingerprint density at radius 1 is 0.971 bits per heavy atom. The van der Waals surface area contributed by atoms with Crippen LogP contribution in [0.4, 0.5) is 11.4 Å². The van der Waals surface area contributed by atoms with Crippen LogP contribution in [0, 0.1) is 20.8 Å². The number of amides is 1. The average Bonchev–Trinajstić information content (AvgIpc) is 2.83. The van der Waals surface area contributed by atoms with Gasteiger partial charge in [-0.25, -0.2) is 13.2 Å². The summed E-state index contributed by atoms with van der Waals surface area (Å²) >= 11 is 0. The molecule has 0 aliphatic carbocycles. The van der Waals surface area contributed by atoms with E-state index in [2.05, 4.69) is 11.9 Å². The van der Waals surface area contributed by atoms with Crippen LogP contribution < -0.4 is 9.62 Å². The number of nitrogens with one attached hydrogen (secondary N) is 1. The minimum atomic E-state index is -3.98. The topological polar surface area (TPSA) is 92.8 Å². The Labute approximate surface area is 206 Å². The van der Waals surface area contributed by atoms with Crippen LogP contribution in [0.2, 0.25) is 0 Å². The molecule has 1 amide bonds. The molecule has 3 rings (SSSR count). The van der Waals surface area contributed by atoms with Crippen molar-refractivity contribution in [2.75, 3.05) is 22.8 Å². The fourth-order valence-corrected chi connectivity index (χ4v) is 5.21. The van der Waals surface area contributed by atoms with E-state index in [1.165, 1.54) is 34.6 Å². The van der Waals surface area contributed by atoms with Crippen molar-refractivity contribution < 1.29 is 22.7 Å². The number of benzene rings is 3. The monoisotopic (exact) mass is 492 g/mol. The maximum absolute atomic E-state index is 13.3. The van der Waals surface area contributed by atoms with Crippen LogP contribution in [-0.4, -0.2) is 33.4 Å². The molecule has 7 nitrogen and oxygen atoms in total. The van der Waals surface area contributed by atoms with E-state index in [1.54, 1.807) is 30.3 Å². The maximum atomic E-state index is 13.3. The Morgan fingerprint density at radius 3 is 2.26 bits per heavy atom. The first-order chi connectivity index (χ1) is 16.6. The number of rotatable bonds is 9. The van der Waals surface area contributed by atoms with Gasteiger partial charge in [0.25, 0.3) is 15.9 Å². The van der Waals surface area contributed by atoms with Crippen molar-refractivity contribution in [1.29, 1.82) is 0 Å². The zero-order chi connectivity index (χ0) is 25.6. The molecule has 1 N–H and O–H groups in total. The molecule has 0 aliphatic rings. The first-order valence-electron chi connectivity index (χ1n) is 11.0. The van der Waals surface area contributed by atoms with E-state index >= 15 is 0 Å². The number of sulfonamides is 1. The number of carbonyl (C=O) groups is 2. The number of carbonyl (C=O) groups excluding carboxylic acids is 2. The van der Waals surface area contributed by atoms with Gasteiger partial charge in [0.1, 0.15) is 0 Å². The van der Waals surface area contributed by atoms with E-state index in [0.717, 1.165) is 16.7 Å². The third kappa shape index (κ3) is 6.16. The number of para-hydroxylation sites is 1. The number of aryl methyl sites for hydroxylation is 3. The van der Waals surface area contributed by atoms with E-state index in [4.69, 9.17) is 4.74 Å². The second kappa shape index (κ2) is 11.0. The van der Waals surface area contributed by atoms with Gasteiger partial charge in [0, 0.05) is 5.69 Å². The second-order valence-electron chi connectivity index (χ2n) is 8.09. The average molecular weight is 493 g/mol. The summed E-state index contributed by atoms with van der Waals surface area (Å²) in [6.45, 7) is 8.94. The first-order valence-corrected chi connectivity index (χ1v) is 12.4. The maximum Gasteiger partial charge on any atom is 0.338 e. The molecule has 0 spiro atoms. The van der Waals surface area contributed by atoms with E-state index in [9.17, 15) is 18.0 Å². The molecule has 3 aromatic rings. The molecular formula is C27H28N2O5S. The third-order valence-electron chi connectivity index (χ3n) is 5.27. The lowest BCUT2D eigenvalue weighted by Gasteiger charge is -2.23. The lowest BCUT2D eigenvalue weighted by atomic mass is 10.1. The second-order valence-corrected chi connectivity index (χ2v) is 9.95. The fraction of sp³-hybridized carbons (Fsp3) is 0.185. The Kier molecular flexibility index (Phi) is 8.09. The predicted molar refractivity (Wildman–Crippen MR) is 137 cm³/mol. The van der Waals surface area contributed by atoms with Crippen LogP contribution in [0.1, 0.15) is 27.0 Å². The van der Waals surface area contributed by atoms with Gasteiger partial charge < -0.3 is 10.1 Å². The van der Waals surface area contributed by atoms with Crippen molar-refractivity contribution in [3.8, 4) is 0 Å². The third-order valence-corrected chi connectivity index (χ3v) is 7.06. The number of ether oxygens (including phenoxy) is 1. The highest BCUT2D eigenvalue weighted by molar-refractivity contribution is 7.92. The molecule has 0 fully saturated rings. The highest BCUT2D eigenvalue weighted by atomic mass is 32.2. The number of nitrogens with zero attached hydrogens (tertiary/aromatic N) is 1. The van der Waals surface area contributed by atoms with E-state index in [1.807, 2.05) is 32.9 Å². The molecule has 0 atom stereocenters. The number of hydrogen-bond acceptors (Lipinski definition) is 5. The van der Waals surface area contributed by atoms with Gasteiger partial charge in [0.05, 0.1) is 22.7 Å². The molecule has 182 valence electrons. The van der Waals surface area contributed by atoms with Gasteiger partial charge in [-0.05, 0) is 62.2 Å². The van der Waals surface area contributed by atoms with Gasteiger partial charge >= 0.3 is 5.97 Å². The summed E-state index contributed by atoms with van der Waals surface area (Å²) in [6, 6.07) is 18.0. The molecule has 0 aliphatic heterocycles. The van der Waals surface area contributed by atoms with Crippen molar-refractivity contribution in [2.24, 2.45) is 0 Å². The predicted octanol–water partition coefficient (Wildman–Crippen LogP) is 4.79. The van der Waals surface area contributed by atoms with Crippen LogP contribution in [0.25, 0.3) is 0 Å². The normalized spacial score (nSPS) is 10.9. The smallest absolute Gasteiger partial charge is 0.338 e. The lowest BCUT2D eigenvalue weighted by Crippen LogP contribution is -2.31. The van der Waals surface area contributed by atoms with Crippen molar-refractivity contribution in [3.63, 3.8) is 0 Å². The fourth-order valence-electron chi connectivity index (χ4n) is 3.73. The zero-order valence-corrected chi connectivity index (χ0v) is 20.8. The quantitative estimate of drug-likeness (QED) is 0.343. The molecular weight excluding hydrogens is 464 g/mol. The summed E-state index contributed by atoms with van der Waals surface area (Å²) in [4.78, 5) is 24.9. The molecule has 0 heterocycles. The number of anilines is 2. The molecule has 0 radical (unpaired) electrons. The molecule has 0 unspecified atom stereocenters. The summed E-state index contributed by atoms with van der Waals surface area (Å²) in [5, 5.41) is 2.77. The SMILES string of the molecule is C=CCN(c1ccccc1)S(=O)(=O)c1cccc(C(=O)OCC(=O)Nc2c(C)cc(C)cc2C)c1. The number of hydrogen-bond donors (Lipinski definition) is 1. The van der Waals surface area contributed by atoms with Gasteiger partial charge in [0.2, 0.25) is 0 Å². The standard InChI is InChI=1S/C27H28N2O5S/c1-5-14-29(23-11-7-6-8-12-23)35(32,33)24-13-9-10-22(17-24)27(31)34-18-25(30)28-26-20(3)15-19(2)16-21(26)4/h5-13,15-17H,1,14,18H2,2-4H3,(H,28,30). The minimum Gasteiger partial charge on any atom is -0.452 e. The summed E-state index contributed by atoms with van der Waals surface area (Å²) < 4.78 is 33.0. The van der Waals surface area contributed by atoms with Crippen LogP contribution in [0.15, 0.2) is 84.3 Å². The van der Waals surface area contributed by atoms with Crippen LogP contribution in [0.5, 0.6) is 0 Å². The molecule has 0 bridgehead atoms. The largest absolute Gasteiger partial charge is 0.452 e. The van der Waals surface area contributed by atoms with E-state index < -0.39 is 28.5 Å². The van der Waals surface area contributed by atoms with Crippen LogP contribution in [-0.2, 0) is 19.6 Å². The summed E-state index contributed by atoms with van der Waals surface area (Å²) in [6.07, 6.45) is 1.48. The highest BCUT2D eigenvalue weighted by Crippen LogP contribution is 2.25. The molecule has 3 aromatic carbocycles. The zero-order valence-electron chi connectivity index (χ0n) is 19.9. The minimum absolute atomic E-state index is 0.0215. The molecule has 35 heavy (non-hydrogen) atoms. The Balaban J connectivity index is 1.74. The molecule has 8 heteroatoms. The van der Waals surface area contributed by atoms with Gasteiger partial charge in [0.15, 0.2) is 6.61 Å². The molecule has 0 saturated heterocycles.